The van der Waals surface area contributed by atoms with Crippen LogP contribution in [0.3, 0.4) is 0 Å². The maximum atomic E-state index is 10.5. The summed E-state index contributed by atoms with van der Waals surface area (Å²) in [6.07, 6.45) is 1.52. The van der Waals surface area contributed by atoms with Crippen molar-refractivity contribution >= 4 is 17.2 Å². The quantitative estimate of drug-likeness (QED) is 0.627. The van der Waals surface area contributed by atoms with Crippen LogP contribution >= 0.6 is 0 Å². The SMILES string of the molecule is C=Cc1ccccc1S(=O)[O-]. The van der Waals surface area contributed by atoms with E-state index >= 15 is 0 Å². The second kappa shape index (κ2) is 3.46. The summed E-state index contributed by atoms with van der Waals surface area (Å²) in [5.74, 6) is 0. The van der Waals surface area contributed by atoms with Crippen LogP contribution in [0, 0.1) is 0 Å². The Balaban J connectivity index is 3.22. The third-order valence-electron chi connectivity index (χ3n) is 1.32. The topological polar surface area (TPSA) is 40.1 Å². The maximum Gasteiger partial charge on any atom is 0.0320 e. The van der Waals surface area contributed by atoms with E-state index in [4.69, 9.17) is 0 Å². The number of benzene rings is 1. The average Bonchev–Trinajstić information content (AvgIpc) is 2.04. The number of hydrogen-bond donors (Lipinski definition) is 0. The monoisotopic (exact) mass is 167 g/mol. The average molecular weight is 167 g/mol. The molecule has 0 aliphatic heterocycles. The van der Waals surface area contributed by atoms with Crippen molar-refractivity contribution in [3.8, 4) is 0 Å². The van der Waals surface area contributed by atoms with Gasteiger partial charge >= 0.3 is 0 Å². The first-order valence-electron chi connectivity index (χ1n) is 3.06. The molecule has 0 N–H and O–H groups in total. The van der Waals surface area contributed by atoms with Crippen molar-refractivity contribution in [1.29, 1.82) is 0 Å². The Labute approximate surface area is 67.8 Å². The van der Waals surface area contributed by atoms with Crippen molar-refractivity contribution in [3.63, 3.8) is 0 Å². The molecule has 0 saturated heterocycles. The van der Waals surface area contributed by atoms with E-state index < -0.39 is 11.1 Å². The van der Waals surface area contributed by atoms with Crippen molar-refractivity contribution in [2.45, 2.75) is 4.90 Å². The fourth-order valence-corrected chi connectivity index (χ4v) is 1.33. The third-order valence-corrected chi connectivity index (χ3v) is 2.05. The first-order valence-corrected chi connectivity index (χ1v) is 4.14. The second-order valence-electron chi connectivity index (χ2n) is 1.98. The highest BCUT2D eigenvalue weighted by molar-refractivity contribution is 7.79. The van der Waals surface area contributed by atoms with Gasteiger partial charge in [-0.05, 0) is 22.7 Å². The van der Waals surface area contributed by atoms with E-state index in [1.54, 1.807) is 24.3 Å². The largest absolute Gasteiger partial charge is 0.768 e. The van der Waals surface area contributed by atoms with E-state index in [1.165, 1.54) is 6.08 Å². The highest BCUT2D eigenvalue weighted by atomic mass is 32.2. The first kappa shape index (κ1) is 8.17. The van der Waals surface area contributed by atoms with Crippen LogP contribution in [0.2, 0.25) is 0 Å². The molecule has 0 fully saturated rings. The molecule has 0 aromatic heterocycles. The normalized spacial score (nSPS) is 12.5. The van der Waals surface area contributed by atoms with Gasteiger partial charge in [-0.25, -0.2) is 0 Å². The van der Waals surface area contributed by atoms with Crippen molar-refractivity contribution in [1.82, 2.24) is 0 Å². The van der Waals surface area contributed by atoms with Crippen LogP contribution in [0.15, 0.2) is 35.7 Å². The van der Waals surface area contributed by atoms with Gasteiger partial charge in [0.05, 0.1) is 0 Å². The van der Waals surface area contributed by atoms with Crippen LogP contribution in [-0.2, 0) is 11.1 Å². The van der Waals surface area contributed by atoms with Gasteiger partial charge in [0.25, 0.3) is 0 Å². The van der Waals surface area contributed by atoms with Crippen molar-refractivity contribution in [3.05, 3.63) is 36.4 Å². The minimum atomic E-state index is -2.16. The summed E-state index contributed by atoms with van der Waals surface area (Å²) < 4.78 is 21.1. The molecule has 1 unspecified atom stereocenters. The van der Waals surface area contributed by atoms with Crippen LogP contribution < -0.4 is 0 Å². The summed E-state index contributed by atoms with van der Waals surface area (Å²) in [6, 6.07) is 6.70. The van der Waals surface area contributed by atoms with E-state index in [9.17, 15) is 8.76 Å². The van der Waals surface area contributed by atoms with Gasteiger partial charge in [-0.1, -0.05) is 30.9 Å². The summed E-state index contributed by atoms with van der Waals surface area (Å²) in [5, 5.41) is 0. The lowest BCUT2D eigenvalue weighted by Gasteiger charge is -2.07. The van der Waals surface area contributed by atoms with E-state index in [-0.39, 0.29) is 0 Å². The summed E-state index contributed by atoms with van der Waals surface area (Å²) >= 11 is -2.16. The van der Waals surface area contributed by atoms with Crippen LogP contribution in [0.4, 0.5) is 0 Å². The Kier molecular flexibility index (Phi) is 2.57. The van der Waals surface area contributed by atoms with Gasteiger partial charge in [0.1, 0.15) is 0 Å². The lowest BCUT2D eigenvalue weighted by atomic mass is 10.2. The molecule has 0 bridgehead atoms. The molecule has 0 aliphatic carbocycles. The maximum absolute atomic E-state index is 10.5. The van der Waals surface area contributed by atoms with Gasteiger partial charge in [-0.3, -0.25) is 4.21 Å². The van der Waals surface area contributed by atoms with E-state index in [1.807, 2.05) is 0 Å². The smallest absolute Gasteiger partial charge is 0.0320 e. The van der Waals surface area contributed by atoms with Crippen LogP contribution in [0.1, 0.15) is 5.56 Å². The first-order chi connectivity index (χ1) is 5.25. The van der Waals surface area contributed by atoms with E-state index in [0.29, 0.717) is 10.5 Å². The number of rotatable bonds is 2. The van der Waals surface area contributed by atoms with Crippen molar-refractivity contribution in [2.75, 3.05) is 0 Å². The molecule has 0 aliphatic rings. The fraction of sp³-hybridized carbons (Fsp3) is 0. The van der Waals surface area contributed by atoms with Crippen LogP contribution in [0.25, 0.3) is 6.08 Å². The third kappa shape index (κ3) is 1.76. The zero-order chi connectivity index (χ0) is 8.27. The minimum Gasteiger partial charge on any atom is -0.768 e. The molecule has 1 aromatic rings. The van der Waals surface area contributed by atoms with Crippen molar-refractivity contribution in [2.24, 2.45) is 0 Å². The Morgan fingerprint density at radius 2 is 2.09 bits per heavy atom. The van der Waals surface area contributed by atoms with Crippen LogP contribution in [-0.4, -0.2) is 8.76 Å². The molecule has 1 aromatic carbocycles. The summed E-state index contributed by atoms with van der Waals surface area (Å²) in [7, 11) is 0. The van der Waals surface area contributed by atoms with Gasteiger partial charge in [-0.2, -0.15) is 0 Å². The molecular formula is C8H7O2S-. The molecule has 3 heteroatoms. The standard InChI is InChI=1S/C8H8O2S/c1-2-7-5-3-4-6-8(7)11(9)10/h2-6H,1H2,(H,9,10)/p-1. The zero-order valence-corrected chi connectivity index (χ0v) is 6.64. The molecular weight excluding hydrogens is 160 g/mol. The Morgan fingerprint density at radius 3 is 2.55 bits per heavy atom. The second-order valence-corrected chi connectivity index (χ2v) is 2.89. The molecule has 0 amide bonds. The van der Waals surface area contributed by atoms with Gasteiger partial charge < -0.3 is 4.55 Å². The highest BCUT2D eigenvalue weighted by Crippen LogP contribution is 2.12. The summed E-state index contributed by atoms with van der Waals surface area (Å²) in [4.78, 5) is 0.294. The van der Waals surface area contributed by atoms with E-state index in [0.717, 1.165) is 0 Å². The predicted molar refractivity (Wildman–Crippen MR) is 43.7 cm³/mol. The molecule has 0 spiro atoms. The highest BCUT2D eigenvalue weighted by Gasteiger charge is 1.95. The molecule has 2 nitrogen and oxygen atoms in total. The fourth-order valence-electron chi connectivity index (χ4n) is 0.801. The summed E-state index contributed by atoms with van der Waals surface area (Å²) in [5.41, 5.74) is 0.640. The Morgan fingerprint density at radius 1 is 1.45 bits per heavy atom. The molecule has 1 atom stereocenters. The molecule has 0 saturated carbocycles. The predicted octanol–water partition coefficient (Wildman–Crippen LogP) is 1.57. The summed E-state index contributed by atoms with van der Waals surface area (Å²) in [6.45, 7) is 3.50. The molecule has 11 heavy (non-hydrogen) atoms. The van der Waals surface area contributed by atoms with Crippen LogP contribution in [0.5, 0.6) is 0 Å². The lowest BCUT2D eigenvalue weighted by molar-refractivity contribution is 0.537. The van der Waals surface area contributed by atoms with Crippen molar-refractivity contribution < 1.29 is 8.76 Å². The minimum absolute atomic E-state index is 0.294. The molecule has 58 valence electrons. The number of hydrogen-bond acceptors (Lipinski definition) is 2. The van der Waals surface area contributed by atoms with Gasteiger partial charge in [0.2, 0.25) is 0 Å². The lowest BCUT2D eigenvalue weighted by Crippen LogP contribution is -1.91. The molecule has 0 radical (unpaired) electrons. The van der Waals surface area contributed by atoms with Gasteiger partial charge in [-0.15, -0.1) is 0 Å². The Bertz CT molecular complexity index is 294. The van der Waals surface area contributed by atoms with Gasteiger partial charge in [0.15, 0.2) is 0 Å². The zero-order valence-electron chi connectivity index (χ0n) is 5.82. The van der Waals surface area contributed by atoms with Gasteiger partial charge in [0, 0.05) is 4.90 Å². The Hall–Kier alpha value is -0.930. The molecule has 0 heterocycles. The van der Waals surface area contributed by atoms with E-state index in [2.05, 4.69) is 6.58 Å². The molecule has 1 rings (SSSR count).